The minimum Gasteiger partial charge on any atom is -0.495 e. The highest BCUT2D eigenvalue weighted by Gasteiger charge is 2.19. The Bertz CT molecular complexity index is 682. The number of anilines is 1. The molecule has 0 saturated heterocycles. The molecule has 0 aromatic heterocycles. The molecule has 4 nitrogen and oxygen atoms in total. The molecule has 2 aromatic carbocycles. The lowest BCUT2D eigenvalue weighted by atomic mass is 10.1. The maximum absolute atomic E-state index is 12.5. The molecule has 0 aliphatic rings. The van der Waals surface area contributed by atoms with Crippen molar-refractivity contribution in [2.75, 3.05) is 12.4 Å². The molecule has 2 rings (SSSR count). The molecule has 0 radical (unpaired) electrons. The Balaban J connectivity index is 2.10. The summed E-state index contributed by atoms with van der Waals surface area (Å²) in [6.45, 7) is 6.00. The maximum Gasteiger partial charge on any atom is 0.265 e. The average Bonchev–Trinajstić information content (AvgIpc) is 2.56. The van der Waals surface area contributed by atoms with Gasteiger partial charge in [0.05, 0.1) is 12.8 Å². The van der Waals surface area contributed by atoms with Gasteiger partial charge in [-0.05, 0) is 55.7 Å². The number of rotatable bonds is 6. The van der Waals surface area contributed by atoms with Crippen LogP contribution in [0, 0.1) is 13.8 Å². The molecule has 0 bridgehead atoms. The number of carbonyl (C=O) groups is 1. The zero-order valence-electron chi connectivity index (χ0n) is 14.1. The summed E-state index contributed by atoms with van der Waals surface area (Å²) in [6, 6.07) is 13.2. The Labute approximate surface area is 137 Å². The summed E-state index contributed by atoms with van der Waals surface area (Å²) < 4.78 is 11.1. The number of ether oxygens (including phenoxy) is 2. The molecule has 1 atom stereocenters. The van der Waals surface area contributed by atoms with E-state index in [9.17, 15) is 4.79 Å². The van der Waals surface area contributed by atoms with E-state index in [2.05, 4.69) is 5.32 Å². The van der Waals surface area contributed by atoms with Gasteiger partial charge in [0.2, 0.25) is 0 Å². The third-order valence-corrected chi connectivity index (χ3v) is 3.78. The van der Waals surface area contributed by atoms with Crippen LogP contribution in [-0.2, 0) is 4.79 Å². The summed E-state index contributed by atoms with van der Waals surface area (Å²) in [5, 5.41) is 2.87. The smallest absolute Gasteiger partial charge is 0.265 e. The predicted octanol–water partition coefficient (Wildman–Crippen LogP) is 4.11. The largest absolute Gasteiger partial charge is 0.495 e. The van der Waals surface area contributed by atoms with E-state index in [0.29, 0.717) is 23.6 Å². The van der Waals surface area contributed by atoms with Crippen LogP contribution in [0.15, 0.2) is 42.5 Å². The van der Waals surface area contributed by atoms with Gasteiger partial charge >= 0.3 is 0 Å². The van der Waals surface area contributed by atoms with Crippen molar-refractivity contribution < 1.29 is 14.3 Å². The van der Waals surface area contributed by atoms with Gasteiger partial charge in [-0.2, -0.15) is 0 Å². The molecule has 23 heavy (non-hydrogen) atoms. The van der Waals surface area contributed by atoms with Crippen molar-refractivity contribution in [1.82, 2.24) is 0 Å². The highest BCUT2D eigenvalue weighted by molar-refractivity contribution is 5.95. The summed E-state index contributed by atoms with van der Waals surface area (Å²) in [7, 11) is 1.58. The Kier molecular flexibility index (Phi) is 5.63. The third-order valence-electron chi connectivity index (χ3n) is 3.78. The van der Waals surface area contributed by atoms with E-state index in [-0.39, 0.29) is 5.91 Å². The molecule has 2 aromatic rings. The van der Waals surface area contributed by atoms with E-state index in [1.54, 1.807) is 19.2 Å². The number of amides is 1. The first-order valence-electron chi connectivity index (χ1n) is 7.73. The van der Waals surface area contributed by atoms with E-state index in [1.165, 1.54) is 5.56 Å². The van der Waals surface area contributed by atoms with Crippen molar-refractivity contribution >= 4 is 11.6 Å². The maximum atomic E-state index is 12.5. The minimum atomic E-state index is -0.554. The Morgan fingerprint density at radius 3 is 2.52 bits per heavy atom. The topological polar surface area (TPSA) is 47.6 Å². The van der Waals surface area contributed by atoms with Crippen molar-refractivity contribution in [1.29, 1.82) is 0 Å². The number of hydrogen-bond donors (Lipinski definition) is 1. The minimum absolute atomic E-state index is 0.185. The Morgan fingerprint density at radius 1 is 1.13 bits per heavy atom. The fraction of sp³-hybridized carbons (Fsp3) is 0.316. The summed E-state index contributed by atoms with van der Waals surface area (Å²) in [6.07, 6.45) is 0.0236. The van der Waals surface area contributed by atoms with Gasteiger partial charge in [0.25, 0.3) is 5.91 Å². The van der Waals surface area contributed by atoms with Gasteiger partial charge in [0, 0.05) is 0 Å². The highest BCUT2D eigenvalue weighted by atomic mass is 16.5. The fourth-order valence-electron chi connectivity index (χ4n) is 2.23. The van der Waals surface area contributed by atoms with Crippen molar-refractivity contribution in [2.45, 2.75) is 33.3 Å². The van der Waals surface area contributed by atoms with E-state index in [4.69, 9.17) is 9.47 Å². The summed E-state index contributed by atoms with van der Waals surface area (Å²) in [4.78, 5) is 12.5. The first-order valence-corrected chi connectivity index (χ1v) is 7.73. The van der Waals surface area contributed by atoms with Crippen LogP contribution in [0.25, 0.3) is 0 Å². The third kappa shape index (κ3) is 4.25. The van der Waals surface area contributed by atoms with Gasteiger partial charge in [-0.1, -0.05) is 25.1 Å². The van der Waals surface area contributed by atoms with E-state index < -0.39 is 6.10 Å². The second-order valence-corrected chi connectivity index (χ2v) is 5.45. The molecular weight excluding hydrogens is 290 g/mol. The summed E-state index contributed by atoms with van der Waals surface area (Å²) >= 11 is 0. The normalized spacial score (nSPS) is 11.7. The molecule has 0 saturated carbocycles. The monoisotopic (exact) mass is 313 g/mol. The van der Waals surface area contributed by atoms with Gasteiger partial charge in [-0.3, -0.25) is 4.79 Å². The van der Waals surface area contributed by atoms with Crippen molar-refractivity contribution in [3.8, 4) is 11.5 Å². The molecule has 1 N–H and O–H groups in total. The first kappa shape index (κ1) is 16.9. The zero-order chi connectivity index (χ0) is 16.8. The van der Waals surface area contributed by atoms with Crippen LogP contribution in [-0.4, -0.2) is 19.1 Å². The number of hydrogen-bond acceptors (Lipinski definition) is 3. The van der Waals surface area contributed by atoms with E-state index >= 15 is 0 Å². The number of methoxy groups -OCH3 is 1. The molecule has 0 fully saturated rings. The van der Waals surface area contributed by atoms with Crippen LogP contribution in [0.3, 0.4) is 0 Å². The Morgan fingerprint density at radius 2 is 1.87 bits per heavy atom. The molecule has 0 aliphatic heterocycles. The highest BCUT2D eigenvalue weighted by Crippen LogP contribution is 2.24. The van der Waals surface area contributed by atoms with Gasteiger partial charge in [-0.15, -0.1) is 0 Å². The first-order chi connectivity index (χ1) is 11.0. The molecule has 0 heterocycles. The van der Waals surface area contributed by atoms with E-state index in [0.717, 1.165) is 5.56 Å². The molecule has 122 valence electrons. The van der Waals surface area contributed by atoms with Gasteiger partial charge < -0.3 is 14.8 Å². The second-order valence-electron chi connectivity index (χ2n) is 5.45. The summed E-state index contributed by atoms with van der Waals surface area (Å²) in [5.74, 6) is 1.15. The van der Waals surface area contributed by atoms with Crippen molar-refractivity contribution in [2.24, 2.45) is 0 Å². The molecule has 1 unspecified atom stereocenters. The van der Waals surface area contributed by atoms with Crippen LogP contribution in [0.4, 0.5) is 5.69 Å². The van der Waals surface area contributed by atoms with Crippen LogP contribution in [0.5, 0.6) is 11.5 Å². The number of carbonyl (C=O) groups excluding carboxylic acids is 1. The quantitative estimate of drug-likeness (QED) is 0.873. The van der Waals surface area contributed by atoms with Crippen LogP contribution >= 0.6 is 0 Å². The fourth-order valence-corrected chi connectivity index (χ4v) is 2.23. The standard InChI is InChI=1S/C19H23NO3/c1-5-17(23-15-11-10-13(2)14(3)12-15)19(21)20-16-8-6-7-9-18(16)22-4/h6-12,17H,5H2,1-4H3,(H,20,21). The molecule has 0 spiro atoms. The van der Waals surface area contributed by atoms with Crippen LogP contribution < -0.4 is 14.8 Å². The van der Waals surface area contributed by atoms with Crippen molar-refractivity contribution in [3.05, 3.63) is 53.6 Å². The van der Waals surface area contributed by atoms with Gasteiger partial charge in [-0.25, -0.2) is 0 Å². The van der Waals surface area contributed by atoms with Crippen LogP contribution in [0.1, 0.15) is 24.5 Å². The zero-order valence-corrected chi connectivity index (χ0v) is 14.1. The van der Waals surface area contributed by atoms with Crippen LogP contribution in [0.2, 0.25) is 0 Å². The molecule has 4 heteroatoms. The number of nitrogens with one attached hydrogen (secondary N) is 1. The predicted molar refractivity (Wildman–Crippen MR) is 92.2 cm³/mol. The number of para-hydroxylation sites is 2. The lowest BCUT2D eigenvalue weighted by Gasteiger charge is -2.18. The number of benzene rings is 2. The lowest BCUT2D eigenvalue weighted by Crippen LogP contribution is -2.32. The second kappa shape index (κ2) is 7.68. The average molecular weight is 313 g/mol. The van der Waals surface area contributed by atoms with Crippen molar-refractivity contribution in [3.63, 3.8) is 0 Å². The molecular formula is C19H23NO3. The number of aryl methyl sites for hydroxylation is 2. The lowest BCUT2D eigenvalue weighted by molar-refractivity contribution is -0.122. The molecule has 0 aliphatic carbocycles. The summed E-state index contributed by atoms with van der Waals surface area (Å²) in [5.41, 5.74) is 2.98. The van der Waals surface area contributed by atoms with E-state index in [1.807, 2.05) is 51.1 Å². The Hall–Kier alpha value is -2.49. The van der Waals surface area contributed by atoms with Gasteiger partial charge in [0.1, 0.15) is 11.5 Å². The van der Waals surface area contributed by atoms with Gasteiger partial charge in [0.15, 0.2) is 6.10 Å². The SMILES string of the molecule is CCC(Oc1ccc(C)c(C)c1)C(=O)Nc1ccccc1OC. The molecule has 1 amide bonds.